The Kier molecular flexibility index (Phi) is 4.86. The van der Waals surface area contributed by atoms with Gasteiger partial charge in [0, 0.05) is 5.69 Å². The lowest BCUT2D eigenvalue weighted by molar-refractivity contribution is -0.242. The number of aromatic carboxylic acids is 1. The van der Waals surface area contributed by atoms with E-state index in [0.717, 1.165) is 0 Å². The van der Waals surface area contributed by atoms with E-state index in [-0.39, 0.29) is 11.3 Å². The summed E-state index contributed by atoms with van der Waals surface area (Å²) in [5.41, 5.74) is -2.76. The van der Waals surface area contributed by atoms with Gasteiger partial charge in [0.1, 0.15) is 0 Å². The van der Waals surface area contributed by atoms with Crippen molar-refractivity contribution in [3.8, 4) is 0 Å². The van der Waals surface area contributed by atoms with Gasteiger partial charge < -0.3 is 15.5 Å². The summed E-state index contributed by atoms with van der Waals surface area (Å²) in [5.74, 6) is -2.80. The Labute approximate surface area is 124 Å². The number of carboxylic acids is 1. The second-order valence-corrected chi connectivity index (χ2v) is 4.95. The molecule has 1 aromatic rings. The van der Waals surface area contributed by atoms with Crippen LogP contribution in [0.2, 0.25) is 0 Å². The fourth-order valence-electron chi connectivity index (χ4n) is 1.92. The molecule has 5 nitrogen and oxygen atoms in total. The van der Waals surface area contributed by atoms with Crippen LogP contribution in [0.15, 0.2) is 12.1 Å². The highest BCUT2D eigenvalue weighted by Gasteiger charge is 2.55. The number of hydrogen-bond donors (Lipinski definition) is 3. The van der Waals surface area contributed by atoms with E-state index in [2.05, 4.69) is 0 Å². The third-order valence-corrected chi connectivity index (χ3v) is 3.42. The van der Waals surface area contributed by atoms with Gasteiger partial charge in [0.2, 0.25) is 5.60 Å². The van der Waals surface area contributed by atoms with Gasteiger partial charge in [0.15, 0.2) is 0 Å². The zero-order valence-corrected chi connectivity index (χ0v) is 12.2. The fraction of sp³-hybridized carbons (Fsp3) is 0.429. The van der Waals surface area contributed by atoms with Crippen molar-refractivity contribution in [2.45, 2.75) is 39.0 Å². The molecular formula is C14H16F3NO4. The molecule has 0 aromatic heterocycles. The summed E-state index contributed by atoms with van der Waals surface area (Å²) in [6, 6.07) is 2.40. The van der Waals surface area contributed by atoms with E-state index in [9.17, 15) is 27.9 Å². The fourth-order valence-corrected chi connectivity index (χ4v) is 1.92. The first kappa shape index (κ1) is 18.0. The van der Waals surface area contributed by atoms with Gasteiger partial charge in [0.25, 0.3) is 5.91 Å². The standard InChI is InChI=1S/C14H16F3NO4/c1-4-8-7(2)10(6-5-9(8)11(19)20)18-12(21)13(3,22)14(15,16)17/h5-6,22H,4H2,1-3H3,(H,18,21)(H,19,20). The lowest BCUT2D eigenvalue weighted by Gasteiger charge is -2.25. The Morgan fingerprint density at radius 3 is 2.23 bits per heavy atom. The summed E-state index contributed by atoms with van der Waals surface area (Å²) in [7, 11) is 0. The summed E-state index contributed by atoms with van der Waals surface area (Å²) >= 11 is 0. The average Bonchev–Trinajstić information content (AvgIpc) is 2.38. The van der Waals surface area contributed by atoms with Crippen molar-refractivity contribution < 1.29 is 33.0 Å². The smallest absolute Gasteiger partial charge is 0.426 e. The second kappa shape index (κ2) is 5.96. The maximum Gasteiger partial charge on any atom is 0.426 e. The first-order chi connectivity index (χ1) is 9.93. The molecule has 1 unspecified atom stereocenters. The minimum Gasteiger partial charge on any atom is -0.478 e. The molecule has 0 saturated heterocycles. The highest BCUT2D eigenvalue weighted by molar-refractivity contribution is 5.99. The van der Waals surface area contributed by atoms with Gasteiger partial charge in [-0.3, -0.25) is 4.79 Å². The van der Waals surface area contributed by atoms with E-state index >= 15 is 0 Å². The third-order valence-electron chi connectivity index (χ3n) is 3.42. The topological polar surface area (TPSA) is 86.6 Å². The number of amides is 1. The van der Waals surface area contributed by atoms with Crippen molar-refractivity contribution in [2.24, 2.45) is 0 Å². The molecule has 122 valence electrons. The molecule has 1 atom stereocenters. The molecule has 0 heterocycles. The number of hydrogen-bond acceptors (Lipinski definition) is 3. The zero-order chi connectivity index (χ0) is 17.3. The Hall–Kier alpha value is -2.09. The first-order valence-corrected chi connectivity index (χ1v) is 6.39. The molecule has 0 aliphatic heterocycles. The van der Waals surface area contributed by atoms with Crippen LogP contribution in [0.3, 0.4) is 0 Å². The van der Waals surface area contributed by atoms with Crippen molar-refractivity contribution in [1.82, 2.24) is 0 Å². The van der Waals surface area contributed by atoms with Crippen LogP contribution in [-0.4, -0.2) is 33.9 Å². The maximum atomic E-state index is 12.6. The Bertz CT molecular complexity index is 609. The van der Waals surface area contributed by atoms with E-state index < -0.39 is 23.7 Å². The monoisotopic (exact) mass is 319 g/mol. The lowest BCUT2D eigenvalue weighted by Crippen LogP contribution is -2.52. The predicted octanol–water partition coefficient (Wildman–Crippen LogP) is 2.51. The summed E-state index contributed by atoms with van der Waals surface area (Å²) < 4.78 is 37.8. The van der Waals surface area contributed by atoms with Crippen LogP contribution in [-0.2, 0) is 11.2 Å². The van der Waals surface area contributed by atoms with Gasteiger partial charge in [-0.15, -0.1) is 0 Å². The number of halogens is 3. The Morgan fingerprint density at radius 2 is 1.82 bits per heavy atom. The number of aliphatic hydroxyl groups is 1. The number of anilines is 1. The van der Waals surface area contributed by atoms with Crippen molar-refractivity contribution in [3.63, 3.8) is 0 Å². The van der Waals surface area contributed by atoms with Crippen LogP contribution in [0.4, 0.5) is 18.9 Å². The zero-order valence-electron chi connectivity index (χ0n) is 12.2. The molecule has 3 N–H and O–H groups in total. The Morgan fingerprint density at radius 1 is 1.27 bits per heavy atom. The maximum absolute atomic E-state index is 12.6. The number of rotatable bonds is 4. The summed E-state index contributed by atoms with van der Waals surface area (Å²) in [5, 5.41) is 20.4. The van der Waals surface area contributed by atoms with Gasteiger partial charge in [-0.2, -0.15) is 13.2 Å². The molecule has 0 saturated carbocycles. The molecular weight excluding hydrogens is 303 g/mol. The normalized spacial score (nSPS) is 14.3. The van der Waals surface area contributed by atoms with Crippen LogP contribution >= 0.6 is 0 Å². The average molecular weight is 319 g/mol. The van der Waals surface area contributed by atoms with Crippen molar-refractivity contribution in [3.05, 3.63) is 28.8 Å². The molecule has 0 fully saturated rings. The van der Waals surface area contributed by atoms with Crippen LogP contribution in [0.25, 0.3) is 0 Å². The number of carbonyl (C=O) groups is 2. The molecule has 0 aliphatic rings. The van der Waals surface area contributed by atoms with E-state index in [1.165, 1.54) is 19.1 Å². The molecule has 22 heavy (non-hydrogen) atoms. The molecule has 1 amide bonds. The van der Waals surface area contributed by atoms with Gasteiger partial charge in [-0.25, -0.2) is 4.79 Å². The molecule has 1 rings (SSSR count). The lowest BCUT2D eigenvalue weighted by atomic mass is 9.97. The predicted molar refractivity (Wildman–Crippen MR) is 72.8 cm³/mol. The number of carbonyl (C=O) groups excluding carboxylic acids is 1. The summed E-state index contributed by atoms with van der Waals surface area (Å²) in [4.78, 5) is 22.7. The highest BCUT2D eigenvalue weighted by atomic mass is 19.4. The van der Waals surface area contributed by atoms with Crippen LogP contribution in [0.1, 0.15) is 35.3 Å². The summed E-state index contributed by atoms with van der Waals surface area (Å²) in [6.45, 7) is 3.53. The number of benzene rings is 1. The van der Waals surface area contributed by atoms with Crippen LogP contribution < -0.4 is 5.32 Å². The van der Waals surface area contributed by atoms with E-state index in [1.807, 2.05) is 5.32 Å². The number of alkyl halides is 3. The van der Waals surface area contributed by atoms with Gasteiger partial charge in [0.05, 0.1) is 5.56 Å². The van der Waals surface area contributed by atoms with E-state index in [4.69, 9.17) is 5.11 Å². The number of nitrogens with one attached hydrogen (secondary N) is 1. The second-order valence-electron chi connectivity index (χ2n) is 4.95. The number of carboxylic acid groups (broad SMARTS) is 1. The van der Waals surface area contributed by atoms with Crippen LogP contribution in [0, 0.1) is 6.92 Å². The quantitative estimate of drug-likeness (QED) is 0.796. The third kappa shape index (κ3) is 3.22. The molecule has 1 aromatic carbocycles. The minimum atomic E-state index is -5.13. The molecule has 0 radical (unpaired) electrons. The summed E-state index contributed by atoms with van der Waals surface area (Å²) in [6.07, 6.45) is -4.80. The Balaban J connectivity index is 3.21. The molecule has 0 spiro atoms. The largest absolute Gasteiger partial charge is 0.478 e. The SMILES string of the molecule is CCc1c(C(=O)O)ccc(NC(=O)C(C)(O)C(F)(F)F)c1C. The van der Waals surface area contributed by atoms with Crippen molar-refractivity contribution in [2.75, 3.05) is 5.32 Å². The first-order valence-electron chi connectivity index (χ1n) is 6.39. The van der Waals surface area contributed by atoms with Crippen molar-refractivity contribution in [1.29, 1.82) is 0 Å². The van der Waals surface area contributed by atoms with Crippen LogP contribution in [0.5, 0.6) is 0 Å². The molecule has 8 heteroatoms. The van der Waals surface area contributed by atoms with E-state index in [1.54, 1.807) is 6.92 Å². The van der Waals surface area contributed by atoms with E-state index in [0.29, 0.717) is 24.5 Å². The van der Waals surface area contributed by atoms with Gasteiger partial charge in [-0.05, 0) is 43.5 Å². The molecule has 0 aliphatic carbocycles. The van der Waals surface area contributed by atoms with Crippen molar-refractivity contribution >= 4 is 17.6 Å². The van der Waals surface area contributed by atoms with Gasteiger partial charge >= 0.3 is 12.1 Å². The minimum absolute atomic E-state index is 0.0144. The van der Waals surface area contributed by atoms with Gasteiger partial charge in [-0.1, -0.05) is 6.92 Å². The highest BCUT2D eigenvalue weighted by Crippen LogP contribution is 2.32. The molecule has 0 bridgehead atoms.